The van der Waals surface area contributed by atoms with E-state index in [1.54, 1.807) is 7.11 Å². The number of hydrogen-bond donors (Lipinski definition) is 1. The van der Waals surface area contributed by atoms with Gasteiger partial charge in [0, 0.05) is 39.1 Å². The van der Waals surface area contributed by atoms with Crippen LogP contribution in [0.2, 0.25) is 0 Å². The van der Waals surface area contributed by atoms with Crippen LogP contribution in [-0.4, -0.2) is 53.8 Å². The summed E-state index contributed by atoms with van der Waals surface area (Å²) in [6.07, 6.45) is 12.1. The fraction of sp³-hybridized carbons (Fsp3) is 0.583. The van der Waals surface area contributed by atoms with E-state index in [2.05, 4.69) is 50.0 Å². The summed E-state index contributed by atoms with van der Waals surface area (Å²) in [4.78, 5) is 11.1. The van der Waals surface area contributed by atoms with Crippen molar-refractivity contribution in [3.63, 3.8) is 0 Å². The normalized spacial score (nSPS) is 21.8. The quantitative estimate of drug-likeness (QED) is 0.325. The standard InChI is InChI=1S/C24H35N5O2.HI/c1-18-10-12-28(16-21(18)29-13-11-26-17-29)24(25-2)27-15-19-8-9-22(23(14-19)30-3)31-20-6-4-5-7-20;/h8-9,11,13-14,17-18,20-21H,4-7,10,12,15-16H2,1-3H3,(H,25,27);1H. The molecule has 2 fully saturated rings. The predicted molar refractivity (Wildman–Crippen MR) is 138 cm³/mol. The van der Waals surface area contributed by atoms with Gasteiger partial charge in [-0.2, -0.15) is 0 Å². The number of imidazole rings is 1. The van der Waals surface area contributed by atoms with Crippen LogP contribution in [0.1, 0.15) is 50.6 Å². The van der Waals surface area contributed by atoms with Crippen LogP contribution in [-0.2, 0) is 6.54 Å². The first-order chi connectivity index (χ1) is 15.2. The second-order valence-corrected chi connectivity index (χ2v) is 8.70. The Morgan fingerprint density at radius 2 is 2.03 bits per heavy atom. The third kappa shape index (κ3) is 5.88. The smallest absolute Gasteiger partial charge is 0.193 e. The fourth-order valence-corrected chi connectivity index (χ4v) is 4.71. The number of likely N-dealkylation sites (tertiary alicyclic amines) is 1. The third-order valence-electron chi connectivity index (χ3n) is 6.61. The Balaban J connectivity index is 0.00000289. The van der Waals surface area contributed by atoms with Crippen LogP contribution in [0.25, 0.3) is 0 Å². The highest BCUT2D eigenvalue weighted by Crippen LogP contribution is 2.32. The van der Waals surface area contributed by atoms with E-state index in [9.17, 15) is 0 Å². The van der Waals surface area contributed by atoms with Gasteiger partial charge >= 0.3 is 0 Å². The number of nitrogens with zero attached hydrogens (tertiary/aromatic N) is 4. The van der Waals surface area contributed by atoms with E-state index in [1.807, 2.05) is 25.6 Å². The second kappa shape index (κ2) is 11.8. The van der Waals surface area contributed by atoms with Gasteiger partial charge in [0.1, 0.15) is 0 Å². The molecule has 176 valence electrons. The molecule has 7 nitrogen and oxygen atoms in total. The fourth-order valence-electron chi connectivity index (χ4n) is 4.71. The molecule has 1 N–H and O–H groups in total. The van der Waals surface area contributed by atoms with Gasteiger partial charge in [0.05, 0.1) is 25.6 Å². The molecule has 1 saturated carbocycles. The summed E-state index contributed by atoms with van der Waals surface area (Å²) in [6.45, 7) is 4.94. The van der Waals surface area contributed by atoms with Crippen LogP contribution in [0, 0.1) is 5.92 Å². The van der Waals surface area contributed by atoms with Gasteiger partial charge in [-0.25, -0.2) is 4.98 Å². The second-order valence-electron chi connectivity index (χ2n) is 8.70. The number of rotatable bonds is 6. The summed E-state index contributed by atoms with van der Waals surface area (Å²) in [6, 6.07) is 6.62. The number of benzene rings is 1. The van der Waals surface area contributed by atoms with Crippen LogP contribution in [0.15, 0.2) is 41.9 Å². The van der Waals surface area contributed by atoms with Gasteiger partial charge in [-0.3, -0.25) is 4.99 Å². The number of piperidine rings is 1. The van der Waals surface area contributed by atoms with Crippen LogP contribution >= 0.6 is 24.0 Å². The number of halogens is 1. The first-order valence-corrected chi connectivity index (χ1v) is 11.4. The highest BCUT2D eigenvalue weighted by atomic mass is 127. The summed E-state index contributed by atoms with van der Waals surface area (Å²) in [7, 11) is 3.56. The van der Waals surface area contributed by atoms with Crippen LogP contribution in [0.3, 0.4) is 0 Å². The average Bonchev–Trinajstić information content (AvgIpc) is 3.50. The summed E-state index contributed by atoms with van der Waals surface area (Å²) in [5.41, 5.74) is 1.15. The van der Waals surface area contributed by atoms with Crippen LogP contribution in [0.4, 0.5) is 0 Å². The Morgan fingerprint density at radius 1 is 1.22 bits per heavy atom. The van der Waals surface area contributed by atoms with Crippen LogP contribution in [0.5, 0.6) is 11.5 Å². The molecular formula is C24H36IN5O2. The van der Waals surface area contributed by atoms with Crippen molar-refractivity contribution in [2.45, 2.75) is 57.7 Å². The zero-order valence-corrected chi connectivity index (χ0v) is 21.7. The highest BCUT2D eigenvalue weighted by molar-refractivity contribution is 14.0. The summed E-state index contributed by atoms with van der Waals surface area (Å²) < 4.78 is 14.0. The molecule has 2 aromatic rings. The number of nitrogens with one attached hydrogen (secondary N) is 1. The average molecular weight is 553 g/mol. The van der Waals surface area contributed by atoms with Crippen molar-refractivity contribution in [1.29, 1.82) is 0 Å². The lowest BCUT2D eigenvalue weighted by Crippen LogP contribution is -2.48. The Kier molecular flexibility index (Phi) is 9.07. The molecule has 0 radical (unpaired) electrons. The van der Waals surface area contributed by atoms with E-state index in [1.165, 1.54) is 12.8 Å². The Bertz CT molecular complexity index is 867. The van der Waals surface area contributed by atoms with Crippen molar-refractivity contribution in [1.82, 2.24) is 19.8 Å². The minimum Gasteiger partial charge on any atom is -0.493 e. The van der Waals surface area contributed by atoms with Gasteiger partial charge in [-0.15, -0.1) is 24.0 Å². The lowest BCUT2D eigenvalue weighted by Gasteiger charge is -2.39. The lowest BCUT2D eigenvalue weighted by molar-refractivity contribution is 0.189. The number of guanidine groups is 1. The topological polar surface area (TPSA) is 63.9 Å². The summed E-state index contributed by atoms with van der Waals surface area (Å²) in [5, 5.41) is 3.53. The maximum absolute atomic E-state index is 6.17. The third-order valence-corrected chi connectivity index (χ3v) is 6.61. The van der Waals surface area contributed by atoms with Crippen molar-refractivity contribution < 1.29 is 9.47 Å². The van der Waals surface area contributed by atoms with E-state index >= 15 is 0 Å². The summed E-state index contributed by atoms with van der Waals surface area (Å²) in [5.74, 6) is 3.19. The van der Waals surface area contributed by atoms with Crippen molar-refractivity contribution in [2.75, 3.05) is 27.2 Å². The first kappa shape index (κ1) is 24.7. The molecule has 1 aromatic heterocycles. The molecule has 1 aromatic carbocycles. The van der Waals surface area contributed by atoms with E-state index < -0.39 is 0 Å². The molecule has 2 aliphatic rings. The number of hydrogen-bond acceptors (Lipinski definition) is 4. The minimum absolute atomic E-state index is 0. The van der Waals surface area contributed by atoms with Gasteiger partial charge in [0.15, 0.2) is 17.5 Å². The summed E-state index contributed by atoms with van der Waals surface area (Å²) >= 11 is 0. The van der Waals surface area contributed by atoms with E-state index in [0.717, 1.165) is 55.4 Å². The molecule has 4 rings (SSSR count). The molecule has 1 saturated heterocycles. The van der Waals surface area contributed by atoms with Gasteiger partial charge < -0.3 is 24.3 Å². The molecule has 1 aliphatic carbocycles. The molecule has 2 heterocycles. The zero-order valence-electron chi connectivity index (χ0n) is 19.4. The van der Waals surface area contributed by atoms with Crippen molar-refractivity contribution in [3.05, 3.63) is 42.5 Å². The predicted octanol–water partition coefficient (Wildman–Crippen LogP) is 4.49. The SMILES string of the molecule is CN=C(NCc1ccc(OC2CCCC2)c(OC)c1)N1CCC(C)C(n2ccnc2)C1.I. The van der Waals surface area contributed by atoms with E-state index in [0.29, 0.717) is 24.6 Å². The largest absolute Gasteiger partial charge is 0.493 e. The Labute approximate surface area is 208 Å². The number of aromatic nitrogens is 2. The Hall–Kier alpha value is -1.97. The Morgan fingerprint density at radius 3 is 2.72 bits per heavy atom. The number of aliphatic imine (C=N–C) groups is 1. The molecule has 0 spiro atoms. The van der Waals surface area contributed by atoms with Crippen LogP contribution < -0.4 is 14.8 Å². The van der Waals surface area contributed by atoms with Gasteiger partial charge in [-0.1, -0.05) is 13.0 Å². The molecule has 1 aliphatic heterocycles. The highest BCUT2D eigenvalue weighted by Gasteiger charge is 2.29. The molecule has 8 heteroatoms. The first-order valence-electron chi connectivity index (χ1n) is 11.4. The number of ether oxygens (including phenoxy) is 2. The molecule has 2 atom stereocenters. The van der Waals surface area contributed by atoms with Crippen molar-refractivity contribution in [2.24, 2.45) is 10.9 Å². The van der Waals surface area contributed by atoms with E-state index in [-0.39, 0.29) is 24.0 Å². The van der Waals surface area contributed by atoms with E-state index in [4.69, 9.17) is 9.47 Å². The maximum Gasteiger partial charge on any atom is 0.193 e. The molecule has 0 bridgehead atoms. The minimum atomic E-state index is 0. The van der Waals surface area contributed by atoms with Crippen molar-refractivity contribution in [3.8, 4) is 11.5 Å². The molecular weight excluding hydrogens is 517 g/mol. The van der Waals surface area contributed by atoms with Gasteiger partial charge in [-0.05, 0) is 55.7 Å². The molecule has 32 heavy (non-hydrogen) atoms. The molecule has 0 amide bonds. The van der Waals surface area contributed by atoms with Gasteiger partial charge in [0.2, 0.25) is 0 Å². The maximum atomic E-state index is 6.17. The zero-order chi connectivity index (χ0) is 21.6. The number of methoxy groups -OCH3 is 1. The van der Waals surface area contributed by atoms with Crippen molar-refractivity contribution >= 4 is 29.9 Å². The monoisotopic (exact) mass is 553 g/mol. The van der Waals surface area contributed by atoms with Gasteiger partial charge in [0.25, 0.3) is 0 Å². The molecule has 2 unspecified atom stereocenters. The lowest BCUT2D eigenvalue weighted by atomic mass is 9.93.